The van der Waals surface area contributed by atoms with Crippen molar-refractivity contribution in [2.45, 2.75) is 59.2 Å². The highest BCUT2D eigenvalue weighted by Crippen LogP contribution is 2.03. The first kappa shape index (κ1) is 15.9. The minimum Gasteiger partial charge on any atom is -0.381 e. The molecule has 0 heterocycles. The molecule has 3 nitrogen and oxygen atoms in total. The summed E-state index contributed by atoms with van der Waals surface area (Å²) in [6.45, 7) is 9.18. The molecule has 0 aromatic rings. The van der Waals surface area contributed by atoms with Gasteiger partial charge in [0.05, 0.1) is 6.61 Å². The van der Waals surface area contributed by atoms with Gasteiger partial charge in [-0.25, -0.2) is 0 Å². The van der Waals surface area contributed by atoms with Crippen LogP contribution in [0.1, 0.15) is 52.9 Å². The summed E-state index contributed by atoms with van der Waals surface area (Å²) in [6, 6.07) is 0. The lowest BCUT2D eigenvalue weighted by Gasteiger charge is -2.16. The van der Waals surface area contributed by atoms with Crippen LogP contribution in [0.4, 0.5) is 0 Å². The van der Waals surface area contributed by atoms with Crippen LogP contribution in [-0.4, -0.2) is 32.7 Å². The normalized spacial score (nSPS) is 11.2. The number of hydrogen-bond acceptors (Lipinski definition) is 3. The molecule has 0 unspecified atom stereocenters. The Hall–Kier alpha value is -0.120. The molecule has 0 aromatic carbocycles. The third kappa shape index (κ3) is 10.4. The molecule has 0 saturated carbocycles. The van der Waals surface area contributed by atoms with Gasteiger partial charge in [-0.2, -0.15) is 0 Å². The maximum absolute atomic E-state index is 5.54. The van der Waals surface area contributed by atoms with Gasteiger partial charge < -0.3 is 14.2 Å². The van der Waals surface area contributed by atoms with E-state index in [1.165, 1.54) is 25.7 Å². The van der Waals surface area contributed by atoms with Gasteiger partial charge in [-0.05, 0) is 20.3 Å². The van der Waals surface area contributed by atoms with E-state index in [1.807, 2.05) is 13.8 Å². The third-order valence-electron chi connectivity index (χ3n) is 2.35. The van der Waals surface area contributed by atoms with Gasteiger partial charge in [0.25, 0.3) is 0 Å². The van der Waals surface area contributed by atoms with Gasteiger partial charge in [-0.3, -0.25) is 0 Å². The smallest absolute Gasteiger partial charge is 0.159 e. The van der Waals surface area contributed by atoms with E-state index in [-0.39, 0.29) is 6.29 Å². The van der Waals surface area contributed by atoms with Crippen molar-refractivity contribution in [2.75, 3.05) is 26.4 Å². The van der Waals surface area contributed by atoms with Crippen LogP contribution in [0.25, 0.3) is 0 Å². The largest absolute Gasteiger partial charge is 0.381 e. The van der Waals surface area contributed by atoms with Gasteiger partial charge in [0.2, 0.25) is 0 Å². The second-order valence-electron chi connectivity index (χ2n) is 3.80. The summed E-state index contributed by atoms with van der Waals surface area (Å²) in [7, 11) is 0. The van der Waals surface area contributed by atoms with Crippen LogP contribution in [0.2, 0.25) is 0 Å². The topological polar surface area (TPSA) is 27.7 Å². The number of unbranched alkanes of at least 4 members (excludes halogenated alkanes) is 3. The lowest BCUT2D eigenvalue weighted by atomic mass is 10.2. The molecular weight excluding hydrogens is 204 g/mol. The summed E-state index contributed by atoms with van der Waals surface area (Å²) in [4.78, 5) is 0. The van der Waals surface area contributed by atoms with Crippen molar-refractivity contribution in [3.8, 4) is 0 Å². The first-order valence-electron chi connectivity index (χ1n) is 6.66. The first-order valence-corrected chi connectivity index (χ1v) is 6.66. The van der Waals surface area contributed by atoms with Gasteiger partial charge in [0.15, 0.2) is 6.29 Å². The zero-order valence-corrected chi connectivity index (χ0v) is 11.2. The fourth-order valence-electron chi connectivity index (χ4n) is 1.50. The van der Waals surface area contributed by atoms with E-state index < -0.39 is 0 Å². The van der Waals surface area contributed by atoms with E-state index in [2.05, 4.69) is 6.92 Å². The number of ether oxygens (including phenoxy) is 3. The Morgan fingerprint density at radius 2 is 1.50 bits per heavy atom. The molecule has 0 N–H and O–H groups in total. The number of hydrogen-bond donors (Lipinski definition) is 0. The molecule has 16 heavy (non-hydrogen) atoms. The highest BCUT2D eigenvalue weighted by Gasteiger charge is 2.06. The molecule has 3 heteroatoms. The first-order chi connectivity index (χ1) is 7.85. The SMILES string of the molecule is CCCCCCOCCC(OCC)OCC. The standard InChI is InChI=1S/C13H28O3/c1-4-7-8-9-11-14-12-10-13(15-5-2)16-6-3/h13H,4-12H2,1-3H3. The molecule has 0 rings (SSSR count). The third-order valence-corrected chi connectivity index (χ3v) is 2.35. The molecule has 0 radical (unpaired) electrons. The van der Waals surface area contributed by atoms with Crippen LogP contribution in [0.15, 0.2) is 0 Å². The molecule has 0 aromatic heterocycles. The van der Waals surface area contributed by atoms with Crippen LogP contribution < -0.4 is 0 Å². The van der Waals surface area contributed by atoms with Crippen molar-refractivity contribution in [1.82, 2.24) is 0 Å². The van der Waals surface area contributed by atoms with E-state index in [0.29, 0.717) is 13.2 Å². The summed E-state index contributed by atoms with van der Waals surface area (Å²) in [6.07, 6.45) is 5.76. The molecule has 0 aliphatic rings. The van der Waals surface area contributed by atoms with Gasteiger partial charge in [0.1, 0.15) is 0 Å². The number of rotatable bonds is 12. The minimum atomic E-state index is -0.0920. The van der Waals surface area contributed by atoms with Crippen molar-refractivity contribution in [2.24, 2.45) is 0 Å². The quantitative estimate of drug-likeness (QED) is 0.381. The Kier molecular flexibility index (Phi) is 12.9. The highest BCUT2D eigenvalue weighted by molar-refractivity contribution is 4.45. The van der Waals surface area contributed by atoms with E-state index in [0.717, 1.165) is 19.6 Å². The molecule has 0 spiro atoms. The summed E-state index contributed by atoms with van der Waals surface area (Å²) < 4.78 is 16.4. The molecule has 0 bridgehead atoms. The van der Waals surface area contributed by atoms with Gasteiger partial charge >= 0.3 is 0 Å². The molecule has 0 aliphatic heterocycles. The lowest BCUT2D eigenvalue weighted by Crippen LogP contribution is -2.19. The van der Waals surface area contributed by atoms with Crippen molar-refractivity contribution in [1.29, 1.82) is 0 Å². The van der Waals surface area contributed by atoms with Crippen molar-refractivity contribution in [3.63, 3.8) is 0 Å². The Labute approximate surface area is 100 Å². The molecule has 0 atom stereocenters. The van der Waals surface area contributed by atoms with Crippen molar-refractivity contribution in [3.05, 3.63) is 0 Å². The Morgan fingerprint density at radius 3 is 2.06 bits per heavy atom. The zero-order valence-electron chi connectivity index (χ0n) is 11.2. The van der Waals surface area contributed by atoms with Gasteiger partial charge in [-0.1, -0.05) is 26.2 Å². The van der Waals surface area contributed by atoms with Crippen LogP contribution in [0.3, 0.4) is 0 Å². The molecular formula is C13H28O3. The summed E-state index contributed by atoms with van der Waals surface area (Å²) in [5.74, 6) is 0. The predicted molar refractivity (Wildman–Crippen MR) is 66.6 cm³/mol. The van der Waals surface area contributed by atoms with Gasteiger partial charge in [-0.15, -0.1) is 0 Å². The zero-order chi connectivity index (χ0) is 12.1. The maximum atomic E-state index is 5.54. The monoisotopic (exact) mass is 232 g/mol. The lowest BCUT2D eigenvalue weighted by molar-refractivity contribution is -0.146. The summed E-state index contributed by atoms with van der Waals surface area (Å²) in [5.41, 5.74) is 0. The molecule has 98 valence electrons. The second kappa shape index (κ2) is 12.9. The van der Waals surface area contributed by atoms with E-state index >= 15 is 0 Å². The summed E-state index contributed by atoms with van der Waals surface area (Å²) in [5, 5.41) is 0. The minimum absolute atomic E-state index is 0.0920. The van der Waals surface area contributed by atoms with Crippen LogP contribution in [0.5, 0.6) is 0 Å². The average Bonchev–Trinajstić information content (AvgIpc) is 2.28. The van der Waals surface area contributed by atoms with Gasteiger partial charge in [0, 0.05) is 26.2 Å². The second-order valence-corrected chi connectivity index (χ2v) is 3.80. The van der Waals surface area contributed by atoms with Crippen molar-refractivity contribution >= 4 is 0 Å². The Morgan fingerprint density at radius 1 is 0.812 bits per heavy atom. The Balaban J connectivity index is 3.25. The summed E-state index contributed by atoms with van der Waals surface area (Å²) >= 11 is 0. The van der Waals surface area contributed by atoms with E-state index in [4.69, 9.17) is 14.2 Å². The molecule has 0 fully saturated rings. The molecule has 0 amide bonds. The predicted octanol–water partition coefficient (Wildman–Crippen LogP) is 3.37. The van der Waals surface area contributed by atoms with Crippen LogP contribution >= 0.6 is 0 Å². The highest BCUT2D eigenvalue weighted by atomic mass is 16.7. The maximum Gasteiger partial charge on any atom is 0.159 e. The van der Waals surface area contributed by atoms with Crippen LogP contribution in [-0.2, 0) is 14.2 Å². The fraction of sp³-hybridized carbons (Fsp3) is 1.00. The van der Waals surface area contributed by atoms with E-state index in [1.54, 1.807) is 0 Å². The Bertz CT molecular complexity index is 122. The average molecular weight is 232 g/mol. The molecule has 0 saturated heterocycles. The van der Waals surface area contributed by atoms with E-state index in [9.17, 15) is 0 Å². The van der Waals surface area contributed by atoms with Crippen molar-refractivity contribution < 1.29 is 14.2 Å². The molecule has 0 aliphatic carbocycles. The fourth-order valence-corrected chi connectivity index (χ4v) is 1.50. The van der Waals surface area contributed by atoms with Crippen LogP contribution in [0, 0.1) is 0 Å².